The molecule has 7 heteroatoms. The average Bonchev–Trinajstić information content (AvgIpc) is 3.08. The molecule has 1 amide bonds. The average molecular weight is 345 g/mol. The Balaban J connectivity index is 2.19. The van der Waals surface area contributed by atoms with Crippen LogP contribution in [0.5, 0.6) is 5.75 Å². The molecule has 0 spiro atoms. The molecule has 0 aliphatic rings. The summed E-state index contributed by atoms with van der Waals surface area (Å²) < 4.78 is 6.87. The Hall–Kier alpha value is -2.83. The highest BCUT2D eigenvalue weighted by Crippen LogP contribution is 2.23. The highest BCUT2D eigenvalue weighted by Gasteiger charge is 2.21. The molecule has 0 aliphatic heterocycles. The first-order chi connectivity index (χ1) is 12.0. The van der Waals surface area contributed by atoms with Crippen LogP contribution in [0.3, 0.4) is 0 Å². The van der Waals surface area contributed by atoms with Gasteiger partial charge in [0.1, 0.15) is 17.5 Å². The second-order valence-electron chi connectivity index (χ2n) is 5.83. The van der Waals surface area contributed by atoms with Crippen LogP contribution in [-0.4, -0.2) is 39.9 Å². The number of nitrogens with one attached hydrogen (secondary N) is 1. The van der Waals surface area contributed by atoms with Gasteiger partial charge in [0.25, 0.3) is 5.91 Å². The van der Waals surface area contributed by atoms with E-state index in [4.69, 9.17) is 4.74 Å². The van der Waals surface area contributed by atoms with E-state index in [0.29, 0.717) is 17.9 Å². The first-order valence-electron chi connectivity index (χ1n) is 8.20. The Morgan fingerprint density at radius 3 is 2.76 bits per heavy atom. The van der Waals surface area contributed by atoms with Crippen molar-refractivity contribution >= 4 is 11.9 Å². The van der Waals surface area contributed by atoms with Crippen LogP contribution in [0.2, 0.25) is 0 Å². The number of nitrogens with zero attached hydrogens (tertiary/aromatic N) is 2. The number of rotatable bonds is 8. The Bertz CT molecular complexity index is 755. The molecule has 134 valence electrons. The maximum absolute atomic E-state index is 12.3. The van der Waals surface area contributed by atoms with Gasteiger partial charge >= 0.3 is 5.97 Å². The summed E-state index contributed by atoms with van der Waals surface area (Å²) in [4.78, 5) is 23.6. The fourth-order valence-electron chi connectivity index (χ4n) is 2.46. The minimum Gasteiger partial charge on any atom is -0.494 e. The van der Waals surface area contributed by atoms with E-state index in [1.54, 1.807) is 24.1 Å². The van der Waals surface area contributed by atoms with E-state index in [0.717, 1.165) is 18.4 Å². The SMILES string of the molecule is CCCC[C@H](NC(=O)c1ccn(-c2cc(C)ccc2OC)n1)C(=O)O. The Labute approximate surface area is 146 Å². The minimum absolute atomic E-state index is 0.159. The van der Waals surface area contributed by atoms with Crippen molar-refractivity contribution in [1.29, 1.82) is 0 Å². The fourth-order valence-corrected chi connectivity index (χ4v) is 2.46. The lowest BCUT2D eigenvalue weighted by atomic mass is 10.1. The molecule has 0 saturated heterocycles. The van der Waals surface area contributed by atoms with E-state index < -0.39 is 17.9 Å². The van der Waals surface area contributed by atoms with Crippen LogP contribution >= 0.6 is 0 Å². The summed E-state index contributed by atoms with van der Waals surface area (Å²) in [6.07, 6.45) is 3.63. The van der Waals surface area contributed by atoms with Gasteiger partial charge in [-0.15, -0.1) is 0 Å². The maximum Gasteiger partial charge on any atom is 0.326 e. The molecule has 0 radical (unpaired) electrons. The summed E-state index contributed by atoms with van der Waals surface area (Å²) in [6.45, 7) is 3.92. The van der Waals surface area contributed by atoms with Gasteiger partial charge in [0.15, 0.2) is 5.69 Å². The summed E-state index contributed by atoms with van der Waals surface area (Å²) in [5.74, 6) is -0.914. The van der Waals surface area contributed by atoms with Gasteiger partial charge in [-0.3, -0.25) is 4.79 Å². The lowest BCUT2D eigenvalue weighted by molar-refractivity contribution is -0.139. The van der Waals surface area contributed by atoms with E-state index >= 15 is 0 Å². The first-order valence-corrected chi connectivity index (χ1v) is 8.20. The number of aryl methyl sites for hydroxylation is 1. The summed E-state index contributed by atoms with van der Waals surface area (Å²) >= 11 is 0. The molecule has 1 atom stereocenters. The summed E-state index contributed by atoms with van der Waals surface area (Å²) in [7, 11) is 1.57. The predicted molar refractivity (Wildman–Crippen MR) is 93.3 cm³/mol. The van der Waals surface area contributed by atoms with Crippen molar-refractivity contribution < 1.29 is 19.4 Å². The van der Waals surface area contributed by atoms with E-state index in [-0.39, 0.29) is 5.69 Å². The fraction of sp³-hybridized carbons (Fsp3) is 0.389. The minimum atomic E-state index is -1.04. The summed E-state index contributed by atoms with van der Waals surface area (Å²) in [5.41, 5.74) is 1.90. The van der Waals surface area contributed by atoms with Crippen molar-refractivity contribution in [2.24, 2.45) is 0 Å². The third kappa shape index (κ3) is 4.59. The highest BCUT2D eigenvalue weighted by molar-refractivity contribution is 5.94. The summed E-state index contributed by atoms with van der Waals surface area (Å²) in [5, 5.41) is 16.0. The second-order valence-corrected chi connectivity index (χ2v) is 5.83. The van der Waals surface area contributed by atoms with Crippen LogP contribution in [0.15, 0.2) is 30.5 Å². The number of hydrogen-bond acceptors (Lipinski definition) is 4. The third-order valence-electron chi connectivity index (χ3n) is 3.85. The van der Waals surface area contributed by atoms with Gasteiger partial charge in [0, 0.05) is 6.20 Å². The molecule has 0 bridgehead atoms. The van der Waals surface area contributed by atoms with Crippen LogP contribution < -0.4 is 10.1 Å². The number of carbonyl (C=O) groups is 2. The molecule has 0 unspecified atom stereocenters. The second kappa shape index (κ2) is 8.32. The van der Waals surface area contributed by atoms with Gasteiger partial charge in [-0.1, -0.05) is 25.8 Å². The molecule has 0 fully saturated rings. The normalized spacial score (nSPS) is 11.8. The summed E-state index contributed by atoms with van der Waals surface area (Å²) in [6, 6.07) is 6.29. The maximum atomic E-state index is 12.3. The largest absolute Gasteiger partial charge is 0.494 e. The molecule has 1 aromatic heterocycles. The van der Waals surface area contributed by atoms with E-state index in [1.165, 1.54) is 0 Å². The molecule has 7 nitrogen and oxygen atoms in total. The molecule has 2 rings (SSSR count). The number of aromatic nitrogens is 2. The zero-order chi connectivity index (χ0) is 18.4. The molecule has 25 heavy (non-hydrogen) atoms. The number of hydrogen-bond donors (Lipinski definition) is 2. The van der Waals surface area contributed by atoms with Crippen LogP contribution in [0, 0.1) is 6.92 Å². The van der Waals surface area contributed by atoms with Crippen molar-refractivity contribution in [3.8, 4) is 11.4 Å². The van der Waals surface area contributed by atoms with Crippen molar-refractivity contribution in [2.45, 2.75) is 39.2 Å². The number of carboxylic acids is 1. The van der Waals surface area contributed by atoms with Crippen LogP contribution in [-0.2, 0) is 4.79 Å². The zero-order valence-corrected chi connectivity index (χ0v) is 14.7. The van der Waals surface area contributed by atoms with E-state index in [9.17, 15) is 14.7 Å². The number of aliphatic carboxylic acids is 1. The first kappa shape index (κ1) is 18.5. The Morgan fingerprint density at radius 2 is 2.12 bits per heavy atom. The van der Waals surface area contributed by atoms with Gasteiger partial charge in [-0.2, -0.15) is 5.10 Å². The van der Waals surface area contributed by atoms with Crippen LogP contribution in [0.1, 0.15) is 42.2 Å². The Morgan fingerprint density at radius 1 is 1.36 bits per heavy atom. The number of carboxylic acid groups (broad SMARTS) is 1. The lowest BCUT2D eigenvalue weighted by Crippen LogP contribution is -2.40. The molecule has 2 N–H and O–H groups in total. The van der Waals surface area contributed by atoms with Crippen molar-refractivity contribution in [1.82, 2.24) is 15.1 Å². The number of unbranched alkanes of at least 4 members (excludes halogenated alkanes) is 1. The lowest BCUT2D eigenvalue weighted by Gasteiger charge is -2.13. The van der Waals surface area contributed by atoms with Gasteiger partial charge in [0.2, 0.25) is 0 Å². The Kier molecular flexibility index (Phi) is 6.16. The molecular formula is C18H23N3O4. The molecular weight excluding hydrogens is 322 g/mol. The zero-order valence-electron chi connectivity index (χ0n) is 14.7. The number of benzene rings is 1. The molecule has 0 saturated carbocycles. The van der Waals surface area contributed by atoms with E-state index in [1.807, 2.05) is 32.0 Å². The van der Waals surface area contributed by atoms with Gasteiger partial charge in [-0.05, 0) is 37.1 Å². The van der Waals surface area contributed by atoms with Gasteiger partial charge < -0.3 is 15.2 Å². The van der Waals surface area contributed by atoms with Crippen molar-refractivity contribution in [3.63, 3.8) is 0 Å². The quantitative estimate of drug-likeness (QED) is 0.767. The topological polar surface area (TPSA) is 93.5 Å². The van der Waals surface area contributed by atoms with Crippen molar-refractivity contribution in [2.75, 3.05) is 7.11 Å². The molecule has 1 aromatic carbocycles. The molecule has 2 aromatic rings. The number of methoxy groups -OCH3 is 1. The predicted octanol–water partition coefficient (Wildman–Crippen LogP) is 2.56. The highest BCUT2D eigenvalue weighted by atomic mass is 16.5. The van der Waals surface area contributed by atoms with Gasteiger partial charge in [0.05, 0.1) is 7.11 Å². The van der Waals surface area contributed by atoms with Gasteiger partial charge in [-0.25, -0.2) is 9.48 Å². The monoisotopic (exact) mass is 345 g/mol. The third-order valence-corrected chi connectivity index (χ3v) is 3.85. The number of carbonyl (C=O) groups excluding carboxylic acids is 1. The van der Waals surface area contributed by atoms with Crippen molar-refractivity contribution in [3.05, 3.63) is 41.7 Å². The number of ether oxygens (including phenoxy) is 1. The smallest absolute Gasteiger partial charge is 0.326 e. The van der Waals surface area contributed by atoms with E-state index in [2.05, 4.69) is 10.4 Å². The van der Waals surface area contributed by atoms with Crippen LogP contribution in [0.25, 0.3) is 5.69 Å². The number of amides is 1. The standard InChI is InChI=1S/C18H23N3O4/c1-4-5-6-14(18(23)24)19-17(22)13-9-10-21(20-13)15-11-12(2)7-8-16(15)25-3/h7-11,14H,4-6H2,1-3H3,(H,19,22)(H,23,24)/t14-/m0/s1. The molecule has 1 heterocycles. The van der Waals surface area contributed by atoms with Crippen LogP contribution in [0.4, 0.5) is 0 Å². The molecule has 0 aliphatic carbocycles.